The number of carbonyl (C=O) groups is 2. The molecule has 1 saturated heterocycles. The Labute approximate surface area is 253 Å². The first kappa shape index (κ1) is 29.4. The average molecular weight is 628 g/mol. The molecule has 216 valence electrons. The number of ether oxygens (including phenoxy) is 3. The highest BCUT2D eigenvalue weighted by Gasteiger charge is 2.49. The molecule has 13 heteroatoms. The van der Waals surface area contributed by atoms with Crippen molar-refractivity contribution in [3.63, 3.8) is 0 Å². The maximum absolute atomic E-state index is 13.6. The van der Waals surface area contributed by atoms with E-state index in [-0.39, 0.29) is 27.8 Å². The SMILES string of the molecule is COc1cc(C2/C(=C(/O)c3ccc(F)cc3)C(=O)C(=O)N2c2nnc(SCc3ccc(Cl)cc3)s2)cc(OC)c1OC. The molecular formula is C29H23ClFN3O6S2. The first-order valence-electron chi connectivity index (χ1n) is 12.3. The van der Waals surface area contributed by atoms with Crippen molar-refractivity contribution in [2.75, 3.05) is 26.2 Å². The Hall–Kier alpha value is -4.13. The van der Waals surface area contributed by atoms with Crippen LogP contribution < -0.4 is 19.1 Å². The molecule has 1 amide bonds. The van der Waals surface area contributed by atoms with Crippen LogP contribution in [0.1, 0.15) is 22.7 Å². The van der Waals surface area contributed by atoms with E-state index in [2.05, 4.69) is 10.2 Å². The van der Waals surface area contributed by atoms with Crippen LogP contribution in [0, 0.1) is 5.82 Å². The van der Waals surface area contributed by atoms with Gasteiger partial charge in [-0.05, 0) is 59.7 Å². The molecule has 0 saturated carbocycles. The van der Waals surface area contributed by atoms with Crippen LogP contribution in [-0.2, 0) is 15.3 Å². The van der Waals surface area contributed by atoms with Crippen molar-refractivity contribution in [2.24, 2.45) is 0 Å². The zero-order valence-electron chi connectivity index (χ0n) is 22.5. The third kappa shape index (κ3) is 5.65. The second-order valence-corrected chi connectivity index (χ2v) is 11.5. The van der Waals surface area contributed by atoms with E-state index in [1.165, 1.54) is 50.1 Å². The molecule has 0 bridgehead atoms. The minimum atomic E-state index is -1.15. The quantitative estimate of drug-likeness (QED) is 0.0754. The highest BCUT2D eigenvalue weighted by molar-refractivity contribution is 8.00. The number of aliphatic hydroxyl groups excluding tert-OH is 1. The third-order valence-electron chi connectivity index (χ3n) is 6.44. The molecule has 0 radical (unpaired) electrons. The lowest BCUT2D eigenvalue weighted by molar-refractivity contribution is -0.132. The fourth-order valence-electron chi connectivity index (χ4n) is 4.45. The van der Waals surface area contributed by atoms with Gasteiger partial charge < -0.3 is 19.3 Å². The summed E-state index contributed by atoms with van der Waals surface area (Å²) in [7, 11) is 4.32. The van der Waals surface area contributed by atoms with E-state index < -0.39 is 29.3 Å². The van der Waals surface area contributed by atoms with E-state index in [0.717, 1.165) is 29.0 Å². The number of hydrogen-bond acceptors (Lipinski definition) is 10. The van der Waals surface area contributed by atoms with Gasteiger partial charge in [0.2, 0.25) is 10.9 Å². The standard InChI is InChI=1S/C29H23ClFN3O6S2/c1-38-20-12-17(13-21(39-2)26(20)40-3)23-22(24(35)16-6-10-19(31)11-7-16)25(36)27(37)34(23)28-32-33-29(42-28)41-14-15-4-8-18(30)9-5-15/h4-13,23,35H,14H2,1-3H3/b24-22-. The van der Waals surface area contributed by atoms with Gasteiger partial charge in [-0.15, -0.1) is 10.2 Å². The van der Waals surface area contributed by atoms with Gasteiger partial charge in [-0.3, -0.25) is 14.5 Å². The van der Waals surface area contributed by atoms with Crippen molar-refractivity contribution in [3.8, 4) is 17.2 Å². The number of benzene rings is 3. The molecule has 1 aliphatic rings. The summed E-state index contributed by atoms with van der Waals surface area (Å²) in [6.45, 7) is 0. The molecule has 1 N–H and O–H groups in total. The number of methoxy groups -OCH3 is 3. The van der Waals surface area contributed by atoms with Crippen LogP contribution in [0.4, 0.5) is 9.52 Å². The van der Waals surface area contributed by atoms with Gasteiger partial charge in [0.05, 0.1) is 32.9 Å². The molecule has 1 unspecified atom stereocenters. The second-order valence-electron chi connectivity index (χ2n) is 8.90. The largest absolute Gasteiger partial charge is 0.507 e. The van der Waals surface area contributed by atoms with E-state index in [9.17, 15) is 19.1 Å². The lowest BCUT2D eigenvalue weighted by Gasteiger charge is -2.24. The Morgan fingerprint density at radius 1 is 1.00 bits per heavy atom. The normalized spacial score (nSPS) is 16.1. The number of aromatic nitrogens is 2. The zero-order valence-corrected chi connectivity index (χ0v) is 24.8. The van der Waals surface area contributed by atoms with Crippen molar-refractivity contribution in [2.45, 2.75) is 16.1 Å². The summed E-state index contributed by atoms with van der Waals surface area (Å²) in [6, 6.07) is 14.3. The first-order valence-corrected chi connectivity index (χ1v) is 14.5. The molecule has 2 heterocycles. The lowest BCUT2D eigenvalue weighted by Crippen LogP contribution is -2.29. The van der Waals surface area contributed by atoms with E-state index >= 15 is 0 Å². The number of Topliss-reactive ketones (excluding diaryl/α,β-unsaturated/α-hetero) is 1. The van der Waals surface area contributed by atoms with E-state index in [0.29, 0.717) is 26.4 Å². The van der Waals surface area contributed by atoms with E-state index in [1.807, 2.05) is 12.1 Å². The number of anilines is 1. The number of ketones is 1. The Morgan fingerprint density at radius 3 is 2.24 bits per heavy atom. The Bertz CT molecular complexity index is 1650. The number of hydrogen-bond donors (Lipinski definition) is 1. The van der Waals surface area contributed by atoms with Gasteiger partial charge in [-0.1, -0.05) is 46.8 Å². The fourth-order valence-corrected chi connectivity index (χ4v) is 6.40. The average Bonchev–Trinajstić information content (AvgIpc) is 3.57. The lowest BCUT2D eigenvalue weighted by atomic mass is 9.94. The number of aliphatic hydroxyl groups is 1. The number of thioether (sulfide) groups is 1. The van der Waals surface area contributed by atoms with E-state index in [4.69, 9.17) is 25.8 Å². The van der Waals surface area contributed by atoms with Crippen molar-refractivity contribution in [3.05, 3.63) is 93.8 Å². The van der Waals surface area contributed by atoms with Crippen LogP contribution in [0.2, 0.25) is 5.02 Å². The van der Waals surface area contributed by atoms with Gasteiger partial charge in [0.1, 0.15) is 11.6 Å². The predicted molar refractivity (Wildman–Crippen MR) is 158 cm³/mol. The monoisotopic (exact) mass is 627 g/mol. The molecule has 1 aliphatic heterocycles. The van der Waals surface area contributed by atoms with Crippen LogP contribution >= 0.6 is 34.7 Å². The number of rotatable bonds is 9. The molecule has 9 nitrogen and oxygen atoms in total. The summed E-state index contributed by atoms with van der Waals surface area (Å²) >= 11 is 8.50. The summed E-state index contributed by atoms with van der Waals surface area (Å²) in [5.74, 6) is -1.43. The summed E-state index contributed by atoms with van der Waals surface area (Å²) in [4.78, 5) is 28.2. The zero-order chi connectivity index (χ0) is 30.0. The molecule has 42 heavy (non-hydrogen) atoms. The topological polar surface area (TPSA) is 111 Å². The fraction of sp³-hybridized carbons (Fsp3) is 0.172. The predicted octanol–water partition coefficient (Wildman–Crippen LogP) is 6.28. The molecule has 1 fully saturated rings. The molecule has 0 aliphatic carbocycles. The molecule has 5 rings (SSSR count). The number of carbonyl (C=O) groups excluding carboxylic acids is 2. The summed E-state index contributed by atoms with van der Waals surface area (Å²) < 4.78 is 30.6. The molecule has 1 atom stereocenters. The molecule has 0 spiro atoms. The number of amides is 1. The van der Waals surface area contributed by atoms with E-state index in [1.54, 1.807) is 24.3 Å². The summed E-state index contributed by atoms with van der Waals surface area (Å²) in [5, 5.41) is 20.5. The van der Waals surface area contributed by atoms with Crippen molar-refractivity contribution >= 4 is 57.3 Å². The van der Waals surface area contributed by atoms with Gasteiger partial charge in [0, 0.05) is 16.3 Å². The highest BCUT2D eigenvalue weighted by atomic mass is 35.5. The highest BCUT2D eigenvalue weighted by Crippen LogP contribution is 2.48. The van der Waals surface area contributed by atoms with Crippen LogP contribution in [0.25, 0.3) is 5.76 Å². The van der Waals surface area contributed by atoms with Gasteiger partial charge in [0.25, 0.3) is 5.78 Å². The van der Waals surface area contributed by atoms with Crippen molar-refractivity contribution in [1.82, 2.24) is 10.2 Å². The number of nitrogens with zero attached hydrogens (tertiary/aromatic N) is 3. The summed E-state index contributed by atoms with van der Waals surface area (Å²) in [5.41, 5.74) is 1.33. The Kier molecular flexibility index (Phi) is 8.66. The van der Waals surface area contributed by atoms with Gasteiger partial charge in [-0.2, -0.15) is 0 Å². The maximum Gasteiger partial charge on any atom is 0.301 e. The molecule has 4 aromatic rings. The van der Waals surface area contributed by atoms with Crippen LogP contribution in [0.3, 0.4) is 0 Å². The van der Waals surface area contributed by atoms with Crippen LogP contribution in [0.15, 0.2) is 70.6 Å². The van der Waals surface area contributed by atoms with Crippen molar-refractivity contribution < 1.29 is 33.3 Å². The first-order chi connectivity index (χ1) is 20.2. The third-order valence-corrected chi connectivity index (χ3v) is 8.82. The summed E-state index contributed by atoms with van der Waals surface area (Å²) in [6.07, 6.45) is 0. The number of halogens is 2. The Morgan fingerprint density at radius 2 is 1.64 bits per heavy atom. The van der Waals surface area contributed by atoms with Gasteiger partial charge in [-0.25, -0.2) is 4.39 Å². The molecular weight excluding hydrogens is 605 g/mol. The maximum atomic E-state index is 13.6. The van der Waals surface area contributed by atoms with Gasteiger partial charge >= 0.3 is 5.91 Å². The van der Waals surface area contributed by atoms with Gasteiger partial charge in [0.15, 0.2) is 15.8 Å². The van der Waals surface area contributed by atoms with Crippen LogP contribution in [-0.4, -0.2) is 48.3 Å². The molecule has 3 aromatic carbocycles. The van der Waals surface area contributed by atoms with Crippen LogP contribution in [0.5, 0.6) is 17.2 Å². The Balaban J connectivity index is 1.61. The molecule has 1 aromatic heterocycles. The van der Waals surface area contributed by atoms with Crippen molar-refractivity contribution in [1.29, 1.82) is 0 Å². The smallest absolute Gasteiger partial charge is 0.301 e. The minimum absolute atomic E-state index is 0.146. The minimum Gasteiger partial charge on any atom is -0.507 e. The second kappa shape index (κ2) is 12.4.